The Bertz CT molecular complexity index is 532. The SMILES string of the molecule is O=Cc1cccn1CCC(=O)Nc1ccccc1. The average Bonchev–Trinajstić information content (AvgIpc) is 2.85. The number of benzene rings is 1. The van der Waals surface area contributed by atoms with Crippen LogP contribution in [0.1, 0.15) is 16.9 Å². The third kappa shape index (κ3) is 3.07. The number of hydrogen-bond acceptors (Lipinski definition) is 2. The molecule has 1 N–H and O–H groups in total. The number of para-hydroxylation sites is 1. The quantitative estimate of drug-likeness (QED) is 0.818. The highest BCUT2D eigenvalue weighted by molar-refractivity contribution is 5.90. The first-order valence-corrected chi connectivity index (χ1v) is 5.75. The molecular weight excluding hydrogens is 228 g/mol. The van der Waals surface area contributed by atoms with Crippen LogP contribution in [0, 0.1) is 0 Å². The molecule has 2 aromatic rings. The lowest BCUT2D eigenvalue weighted by molar-refractivity contribution is -0.116. The lowest BCUT2D eigenvalue weighted by Gasteiger charge is -2.06. The molecule has 0 spiro atoms. The number of anilines is 1. The summed E-state index contributed by atoms with van der Waals surface area (Å²) in [5.41, 5.74) is 1.37. The molecule has 4 nitrogen and oxygen atoms in total. The van der Waals surface area contributed by atoms with E-state index in [0.717, 1.165) is 12.0 Å². The predicted molar refractivity (Wildman–Crippen MR) is 69.5 cm³/mol. The van der Waals surface area contributed by atoms with Crippen molar-refractivity contribution in [2.75, 3.05) is 5.32 Å². The number of nitrogens with one attached hydrogen (secondary N) is 1. The Morgan fingerprint density at radius 3 is 2.67 bits per heavy atom. The summed E-state index contributed by atoms with van der Waals surface area (Å²) in [7, 11) is 0. The number of hydrogen-bond donors (Lipinski definition) is 1. The van der Waals surface area contributed by atoms with Gasteiger partial charge in [0.05, 0.1) is 5.69 Å². The van der Waals surface area contributed by atoms with Crippen molar-refractivity contribution in [1.82, 2.24) is 4.57 Å². The smallest absolute Gasteiger partial charge is 0.226 e. The summed E-state index contributed by atoms with van der Waals surface area (Å²) in [6.45, 7) is 0.500. The van der Waals surface area contributed by atoms with Crippen molar-refractivity contribution >= 4 is 17.9 Å². The zero-order valence-electron chi connectivity index (χ0n) is 9.87. The summed E-state index contributed by atoms with van der Waals surface area (Å²) in [5.74, 6) is -0.0632. The van der Waals surface area contributed by atoms with Crippen LogP contribution in [0.15, 0.2) is 48.7 Å². The topological polar surface area (TPSA) is 51.1 Å². The van der Waals surface area contributed by atoms with Crippen LogP contribution in [0.4, 0.5) is 5.69 Å². The maximum Gasteiger partial charge on any atom is 0.226 e. The molecular formula is C14H14N2O2. The number of aldehydes is 1. The second-order valence-electron chi connectivity index (χ2n) is 3.91. The van der Waals surface area contributed by atoms with Crippen LogP contribution in [0.25, 0.3) is 0 Å². The van der Waals surface area contributed by atoms with Gasteiger partial charge in [0.2, 0.25) is 5.91 Å². The Kier molecular flexibility index (Phi) is 3.91. The van der Waals surface area contributed by atoms with Gasteiger partial charge in [0.15, 0.2) is 6.29 Å². The van der Waals surface area contributed by atoms with Gasteiger partial charge in [-0.2, -0.15) is 0 Å². The van der Waals surface area contributed by atoms with Gasteiger partial charge < -0.3 is 9.88 Å². The average molecular weight is 242 g/mol. The molecule has 0 atom stereocenters. The third-order valence-electron chi connectivity index (χ3n) is 2.62. The Labute approximate surface area is 105 Å². The van der Waals surface area contributed by atoms with Crippen molar-refractivity contribution < 1.29 is 9.59 Å². The molecule has 18 heavy (non-hydrogen) atoms. The van der Waals surface area contributed by atoms with Gasteiger partial charge >= 0.3 is 0 Å². The fraction of sp³-hybridized carbons (Fsp3) is 0.143. The van der Waals surface area contributed by atoms with Crippen LogP contribution < -0.4 is 5.32 Å². The van der Waals surface area contributed by atoms with Gasteiger partial charge in [-0.05, 0) is 24.3 Å². The molecule has 0 fully saturated rings. The molecule has 0 saturated heterocycles. The Morgan fingerprint density at radius 1 is 1.17 bits per heavy atom. The molecule has 1 aromatic carbocycles. The van der Waals surface area contributed by atoms with E-state index in [1.165, 1.54) is 0 Å². The van der Waals surface area contributed by atoms with Gasteiger partial charge in [-0.3, -0.25) is 9.59 Å². The van der Waals surface area contributed by atoms with E-state index in [1.54, 1.807) is 22.9 Å². The Balaban J connectivity index is 1.87. The third-order valence-corrected chi connectivity index (χ3v) is 2.62. The first-order valence-electron chi connectivity index (χ1n) is 5.75. The molecule has 0 aliphatic heterocycles. The minimum Gasteiger partial charge on any atom is -0.345 e. The lowest BCUT2D eigenvalue weighted by atomic mass is 10.3. The van der Waals surface area contributed by atoms with E-state index in [-0.39, 0.29) is 5.91 Å². The van der Waals surface area contributed by atoms with Crippen LogP contribution in [0.2, 0.25) is 0 Å². The first kappa shape index (κ1) is 12.1. The van der Waals surface area contributed by atoms with Gasteiger partial charge in [0.25, 0.3) is 0 Å². The monoisotopic (exact) mass is 242 g/mol. The van der Waals surface area contributed by atoms with Crippen molar-refractivity contribution in [3.8, 4) is 0 Å². The molecule has 4 heteroatoms. The summed E-state index contributed by atoms with van der Waals surface area (Å²) >= 11 is 0. The van der Waals surface area contributed by atoms with Gasteiger partial charge in [0, 0.05) is 24.8 Å². The second kappa shape index (κ2) is 5.82. The molecule has 0 unspecified atom stereocenters. The molecule has 92 valence electrons. The second-order valence-corrected chi connectivity index (χ2v) is 3.91. The highest BCUT2D eigenvalue weighted by atomic mass is 16.1. The van der Waals surface area contributed by atoms with Gasteiger partial charge in [0.1, 0.15) is 0 Å². The number of nitrogens with zero attached hydrogens (tertiary/aromatic N) is 1. The molecule has 1 aromatic heterocycles. The molecule has 0 aliphatic carbocycles. The predicted octanol–water partition coefficient (Wildman–Crippen LogP) is 2.33. The zero-order chi connectivity index (χ0) is 12.8. The summed E-state index contributed by atoms with van der Waals surface area (Å²) in [4.78, 5) is 22.4. The molecule has 0 radical (unpaired) electrons. The van der Waals surface area contributed by atoms with Crippen molar-refractivity contribution in [2.24, 2.45) is 0 Å². The number of aromatic nitrogens is 1. The van der Waals surface area contributed by atoms with E-state index in [1.807, 2.05) is 30.3 Å². The Morgan fingerprint density at radius 2 is 1.94 bits per heavy atom. The maximum atomic E-state index is 11.7. The molecule has 0 aliphatic rings. The number of carbonyl (C=O) groups is 2. The van der Waals surface area contributed by atoms with E-state index in [0.29, 0.717) is 18.7 Å². The highest BCUT2D eigenvalue weighted by Gasteiger charge is 2.04. The molecule has 0 saturated carbocycles. The number of amides is 1. The molecule has 1 heterocycles. The zero-order valence-corrected chi connectivity index (χ0v) is 9.87. The van der Waals surface area contributed by atoms with E-state index in [4.69, 9.17) is 0 Å². The van der Waals surface area contributed by atoms with E-state index < -0.39 is 0 Å². The van der Waals surface area contributed by atoms with Crippen LogP contribution >= 0.6 is 0 Å². The summed E-state index contributed by atoms with van der Waals surface area (Å²) in [6, 6.07) is 12.8. The highest BCUT2D eigenvalue weighted by Crippen LogP contribution is 2.06. The molecule has 2 rings (SSSR count). The van der Waals surface area contributed by atoms with Gasteiger partial charge in [-0.25, -0.2) is 0 Å². The first-order chi connectivity index (χ1) is 8.79. The normalized spacial score (nSPS) is 10.0. The summed E-state index contributed by atoms with van der Waals surface area (Å²) in [5, 5.41) is 2.80. The van der Waals surface area contributed by atoms with Crippen LogP contribution in [-0.4, -0.2) is 16.8 Å². The number of aryl methyl sites for hydroxylation is 1. The largest absolute Gasteiger partial charge is 0.345 e. The maximum absolute atomic E-state index is 11.7. The van der Waals surface area contributed by atoms with Crippen LogP contribution in [-0.2, 0) is 11.3 Å². The van der Waals surface area contributed by atoms with Crippen LogP contribution in [0.3, 0.4) is 0 Å². The summed E-state index contributed by atoms with van der Waals surface area (Å²) < 4.78 is 1.76. The minimum absolute atomic E-state index is 0.0632. The summed E-state index contributed by atoms with van der Waals surface area (Å²) in [6.07, 6.45) is 2.92. The van der Waals surface area contributed by atoms with Crippen molar-refractivity contribution in [3.05, 3.63) is 54.4 Å². The lowest BCUT2D eigenvalue weighted by Crippen LogP contribution is -2.14. The number of rotatable bonds is 5. The fourth-order valence-electron chi connectivity index (χ4n) is 1.70. The fourth-order valence-corrected chi connectivity index (χ4v) is 1.70. The van der Waals surface area contributed by atoms with Gasteiger partial charge in [-0.1, -0.05) is 18.2 Å². The van der Waals surface area contributed by atoms with Crippen LogP contribution in [0.5, 0.6) is 0 Å². The number of carbonyl (C=O) groups excluding carboxylic acids is 2. The van der Waals surface area contributed by atoms with Gasteiger partial charge in [-0.15, -0.1) is 0 Å². The van der Waals surface area contributed by atoms with E-state index >= 15 is 0 Å². The standard InChI is InChI=1S/C14H14N2O2/c17-11-13-7-4-9-16(13)10-8-14(18)15-12-5-2-1-3-6-12/h1-7,9,11H,8,10H2,(H,15,18). The van der Waals surface area contributed by atoms with Crippen molar-refractivity contribution in [2.45, 2.75) is 13.0 Å². The van der Waals surface area contributed by atoms with Crippen molar-refractivity contribution in [3.63, 3.8) is 0 Å². The molecule has 1 amide bonds. The molecule has 0 bridgehead atoms. The Hall–Kier alpha value is -2.36. The van der Waals surface area contributed by atoms with E-state index in [9.17, 15) is 9.59 Å². The van der Waals surface area contributed by atoms with E-state index in [2.05, 4.69) is 5.32 Å². The van der Waals surface area contributed by atoms with Crippen molar-refractivity contribution in [1.29, 1.82) is 0 Å². The minimum atomic E-state index is -0.0632.